The van der Waals surface area contributed by atoms with Crippen molar-refractivity contribution < 1.29 is 4.92 Å². The van der Waals surface area contributed by atoms with Crippen LogP contribution in [0.25, 0.3) is 0 Å². The summed E-state index contributed by atoms with van der Waals surface area (Å²) in [5, 5.41) is 10.8. The molecule has 0 aromatic heterocycles. The molecule has 1 aliphatic rings. The SMILES string of the molecule is CC1CCN(c2ccc([N+](=O)[O-])c(I)c2)CC1C. The van der Waals surface area contributed by atoms with E-state index in [4.69, 9.17) is 0 Å². The van der Waals surface area contributed by atoms with E-state index in [1.165, 1.54) is 6.42 Å². The van der Waals surface area contributed by atoms with Crippen molar-refractivity contribution in [3.8, 4) is 0 Å². The highest BCUT2D eigenvalue weighted by Gasteiger charge is 2.23. The van der Waals surface area contributed by atoms with Crippen LogP contribution < -0.4 is 4.90 Å². The van der Waals surface area contributed by atoms with Gasteiger partial charge in [-0.1, -0.05) is 13.8 Å². The van der Waals surface area contributed by atoms with Gasteiger partial charge in [-0.3, -0.25) is 10.1 Å². The predicted molar refractivity (Wildman–Crippen MR) is 81.0 cm³/mol. The lowest BCUT2D eigenvalue weighted by molar-refractivity contribution is -0.385. The maximum atomic E-state index is 10.8. The molecule has 4 nitrogen and oxygen atoms in total. The van der Waals surface area contributed by atoms with E-state index >= 15 is 0 Å². The van der Waals surface area contributed by atoms with Crippen LogP contribution in [0.4, 0.5) is 11.4 Å². The largest absolute Gasteiger partial charge is 0.371 e. The first-order chi connectivity index (χ1) is 8.49. The van der Waals surface area contributed by atoms with Crippen molar-refractivity contribution in [1.82, 2.24) is 0 Å². The van der Waals surface area contributed by atoms with Crippen molar-refractivity contribution in [2.45, 2.75) is 20.3 Å². The van der Waals surface area contributed by atoms with Crippen molar-refractivity contribution in [1.29, 1.82) is 0 Å². The number of halogens is 1. The van der Waals surface area contributed by atoms with E-state index < -0.39 is 0 Å². The summed E-state index contributed by atoms with van der Waals surface area (Å²) in [5.41, 5.74) is 1.29. The third-order valence-electron chi connectivity index (χ3n) is 3.83. The van der Waals surface area contributed by atoms with Crippen molar-refractivity contribution >= 4 is 34.0 Å². The monoisotopic (exact) mass is 360 g/mol. The number of nitro benzene ring substituents is 1. The number of nitrogens with zero attached hydrogens (tertiary/aromatic N) is 2. The molecule has 1 aromatic carbocycles. The van der Waals surface area contributed by atoms with E-state index in [-0.39, 0.29) is 10.6 Å². The van der Waals surface area contributed by atoms with Crippen molar-refractivity contribution in [2.75, 3.05) is 18.0 Å². The smallest absolute Gasteiger partial charge is 0.282 e. The minimum atomic E-state index is -0.327. The van der Waals surface area contributed by atoms with Crippen LogP contribution in [0.2, 0.25) is 0 Å². The van der Waals surface area contributed by atoms with E-state index in [0.717, 1.165) is 24.7 Å². The topological polar surface area (TPSA) is 46.4 Å². The van der Waals surface area contributed by atoms with Gasteiger partial charge in [0.05, 0.1) is 8.49 Å². The lowest BCUT2D eigenvalue weighted by Crippen LogP contribution is -2.38. The van der Waals surface area contributed by atoms with Crippen LogP contribution in [0.1, 0.15) is 20.3 Å². The molecule has 0 aliphatic carbocycles. The first-order valence-corrected chi connectivity index (χ1v) is 7.26. The van der Waals surface area contributed by atoms with Crippen LogP contribution in [0.15, 0.2) is 18.2 Å². The molecule has 2 unspecified atom stereocenters. The Hall–Kier alpha value is -0.850. The number of nitro groups is 1. The van der Waals surface area contributed by atoms with Gasteiger partial charge in [-0.05, 0) is 53.0 Å². The third kappa shape index (κ3) is 2.76. The summed E-state index contributed by atoms with van der Waals surface area (Å²) in [7, 11) is 0. The zero-order chi connectivity index (χ0) is 13.3. The van der Waals surface area contributed by atoms with E-state index in [9.17, 15) is 10.1 Å². The van der Waals surface area contributed by atoms with Gasteiger partial charge in [0.2, 0.25) is 0 Å². The van der Waals surface area contributed by atoms with Gasteiger partial charge in [-0.15, -0.1) is 0 Å². The summed E-state index contributed by atoms with van der Waals surface area (Å²) in [4.78, 5) is 12.8. The number of hydrogen-bond acceptors (Lipinski definition) is 3. The molecule has 1 heterocycles. The second kappa shape index (κ2) is 5.42. The van der Waals surface area contributed by atoms with Gasteiger partial charge in [0.25, 0.3) is 5.69 Å². The lowest BCUT2D eigenvalue weighted by atomic mass is 9.88. The van der Waals surface area contributed by atoms with E-state index in [1.54, 1.807) is 6.07 Å². The molecule has 1 saturated heterocycles. The molecule has 5 heteroatoms. The molecule has 2 rings (SSSR count). The number of benzene rings is 1. The van der Waals surface area contributed by atoms with Gasteiger partial charge in [-0.25, -0.2) is 0 Å². The molecule has 0 N–H and O–H groups in total. The average molecular weight is 360 g/mol. The highest BCUT2D eigenvalue weighted by Crippen LogP contribution is 2.30. The highest BCUT2D eigenvalue weighted by molar-refractivity contribution is 14.1. The molecule has 0 radical (unpaired) electrons. The number of piperidine rings is 1. The summed E-state index contributed by atoms with van der Waals surface area (Å²) < 4.78 is 0.710. The van der Waals surface area contributed by atoms with Crippen LogP contribution in [0, 0.1) is 25.5 Å². The summed E-state index contributed by atoms with van der Waals surface area (Å²) in [6.07, 6.45) is 1.19. The zero-order valence-electron chi connectivity index (χ0n) is 10.6. The van der Waals surface area contributed by atoms with Gasteiger partial charge in [-0.2, -0.15) is 0 Å². The van der Waals surface area contributed by atoms with Gasteiger partial charge in [0.15, 0.2) is 0 Å². The molecule has 98 valence electrons. The quantitative estimate of drug-likeness (QED) is 0.459. The molecule has 1 fully saturated rings. The van der Waals surface area contributed by atoms with Gasteiger partial charge in [0, 0.05) is 24.8 Å². The molecule has 0 bridgehead atoms. The molecule has 0 amide bonds. The average Bonchev–Trinajstić information content (AvgIpc) is 2.32. The summed E-state index contributed by atoms with van der Waals surface area (Å²) >= 11 is 2.04. The van der Waals surface area contributed by atoms with Gasteiger partial charge < -0.3 is 4.90 Å². The second-order valence-corrected chi connectivity index (χ2v) is 6.24. The Bertz CT molecular complexity index is 464. The first kappa shape index (κ1) is 13.6. The predicted octanol–water partition coefficient (Wildman–Crippen LogP) is 3.68. The minimum absolute atomic E-state index is 0.192. The molecule has 0 spiro atoms. The number of rotatable bonds is 2. The van der Waals surface area contributed by atoms with Gasteiger partial charge in [0.1, 0.15) is 0 Å². The van der Waals surface area contributed by atoms with E-state index in [2.05, 4.69) is 18.7 Å². The van der Waals surface area contributed by atoms with Crippen LogP contribution in [0.3, 0.4) is 0 Å². The van der Waals surface area contributed by atoms with E-state index in [1.807, 2.05) is 34.7 Å². The normalized spacial score (nSPS) is 24.1. The molecule has 0 saturated carbocycles. The van der Waals surface area contributed by atoms with Crippen LogP contribution >= 0.6 is 22.6 Å². The summed E-state index contributed by atoms with van der Waals surface area (Å²) in [6, 6.07) is 5.39. The fraction of sp³-hybridized carbons (Fsp3) is 0.538. The molecule has 1 aliphatic heterocycles. The maximum Gasteiger partial charge on any atom is 0.282 e. The Morgan fingerprint density at radius 1 is 1.39 bits per heavy atom. The third-order valence-corrected chi connectivity index (χ3v) is 4.69. The second-order valence-electron chi connectivity index (χ2n) is 5.08. The van der Waals surface area contributed by atoms with Crippen molar-refractivity contribution in [2.24, 2.45) is 11.8 Å². The first-order valence-electron chi connectivity index (χ1n) is 6.18. The fourth-order valence-electron chi connectivity index (χ4n) is 2.34. The lowest BCUT2D eigenvalue weighted by Gasteiger charge is -2.36. The minimum Gasteiger partial charge on any atom is -0.371 e. The standard InChI is InChI=1S/C13H17IN2O2/c1-9-5-6-15(8-10(9)2)11-3-4-13(16(17)18)12(14)7-11/h3-4,7,9-10H,5-6,8H2,1-2H3. The van der Waals surface area contributed by atoms with Crippen LogP contribution in [-0.4, -0.2) is 18.0 Å². The maximum absolute atomic E-state index is 10.8. The molecule has 1 aromatic rings. The summed E-state index contributed by atoms with van der Waals surface area (Å²) in [6.45, 7) is 6.64. The van der Waals surface area contributed by atoms with Crippen molar-refractivity contribution in [3.05, 3.63) is 31.9 Å². The van der Waals surface area contributed by atoms with Crippen molar-refractivity contribution in [3.63, 3.8) is 0 Å². The van der Waals surface area contributed by atoms with Crippen LogP contribution in [-0.2, 0) is 0 Å². The fourth-order valence-corrected chi connectivity index (χ4v) is 3.03. The number of anilines is 1. The molecular weight excluding hydrogens is 343 g/mol. The Balaban J connectivity index is 2.19. The molecule has 2 atom stereocenters. The van der Waals surface area contributed by atoms with Crippen LogP contribution in [0.5, 0.6) is 0 Å². The molecular formula is C13H17IN2O2. The Morgan fingerprint density at radius 2 is 2.11 bits per heavy atom. The van der Waals surface area contributed by atoms with E-state index in [0.29, 0.717) is 9.49 Å². The Kier molecular flexibility index (Phi) is 4.09. The number of hydrogen-bond donors (Lipinski definition) is 0. The zero-order valence-corrected chi connectivity index (χ0v) is 12.8. The summed E-state index contributed by atoms with van der Waals surface area (Å²) in [5.74, 6) is 1.44. The Labute approximate surface area is 121 Å². The van der Waals surface area contributed by atoms with Gasteiger partial charge >= 0.3 is 0 Å². The Morgan fingerprint density at radius 3 is 2.67 bits per heavy atom. The highest BCUT2D eigenvalue weighted by atomic mass is 127. The molecule has 18 heavy (non-hydrogen) atoms.